The number of hydrogen-bond donors (Lipinski definition) is 3. The molecule has 102 valence electrons. The number of nitrogens with zero attached hydrogens (tertiary/aromatic N) is 2. The summed E-state index contributed by atoms with van der Waals surface area (Å²) in [6.07, 6.45) is 3.73. The van der Waals surface area contributed by atoms with Crippen LogP contribution < -0.4 is 10.6 Å². The Labute approximate surface area is 109 Å². The van der Waals surface area contributed by atoms with Crippen LogP contribution in [0, 0.1) is 0 Å². The third-order valence-corrected chi connectivity index (χ3v) is 2.88. The van der Waals surface area contributed by atoms with Crippen molar-refractivity contribution in [3.05, 3.63) is 11.9 Å². The molecule has 0 saturated heterocycles. The van der Waals surface area contributed by atoms with Crippen LogP contribution in [0.3, 0.4) is 0 Å². The molecule has 0 spiro atoms. The van der Waals surface area contributed by atoms with Crippen LogP contribution in [0.1, 0.15) is 39.2 Å². The Morgan fingerprint density at radius 3 is 2.39 bits per heavy atom. The first kappa shape index (κ1) is 14.7. The van der Waals surface area contributed by atoms with E-state index in [9.17, 15) is 5.11 Å². The van der Waals surface area contributed by atoms with Crippen LogP contribution in [0.25, 0.3) is 0 Å². The van der Waals surface area contributed by atoms with Gasteiger partial charge in [0.25, 0.3) is 0 Å². The van der Waals surface area contributed by atoms with E-state index in [1.807, 2.05) is 13.8 Å². The molecule has 0 bridgehead atoms. The van der Waals surface area contributed by atoms with Crippen LogP contribution >= 0.6 is 0 Å². The van der Waals surface area contributed by atoms with Crippen LogP contribution in [0.15, 0.2) is 6.33 Å². The van der Waals surface area contributed by atoms with Gasteiger partial charge in [0.1, 0.15) is 18.0 Å². The first-order valence-electron chi connectivity index (χ1n) is 6.72. The molecule has 1 aromatic rings. The van der Waals surface area contributed by atoms with E-state index in [4.69, 9.17) is 0 Å². The maximum atomic E-state index is 9.52. The highest BCUT2D eigenvalue weighted by atomic mass is 16.3. The lowest BCUT2D eigenvalue weighted by Crippen LogP contribution is -2.15. The number of aromatic nitrogens is 2. The fourth-order valence-electron chi connectivity index (χ4n) is 1.78. The second-order valence-corrected chi connectivity index (χ2v) is 4.21. The molecule has 18 heavy (non-hydrogen) atoms. The van der Waals surface area contributed by atoms with Crippen molar-refractivity contribution in [2.24, 2.45) is 0 Å². The standard InChI is InChI=1S/C13H24N4O/c1-4-10(18)7-8-15-13-11(5-2)12(14-6-3)16-9-17-13/h9-10,18H,4-8H2,1-3H3,(H2,14,15,16,17). The normalized spacial score (nSPS) is 12.2. The van der Waals surface area contributed by atoms with Gasteiger partial charge in [-0.2, -0.15) is 0 Å². The average Bonchev–Trinajstić information content (AvgIpc) is 2.39. The Bertz CT molecular complexity index is 357. The molecule has 1 rings (SSSR count). The van der Waals surface area contributed by atoms with E-state index in [1.165, 1.54) is 0 Å². The summed E-state index contributed by atoms with van der Waals surface area (Å²) in [5.41, 5.74) is 1.10. The molecule has 1 unspecified atom stereocenters. The fraction of sp³-hybridized carbons (Fsp3) is 0.692. The summed E-state index contributed by atoms with van der Waals surface area (Å²) in [7, 11) is 0. The van der Waals surface area contributed by atoms with Crippen molar-refractivity contribution >= 4 is 11.6 Å². The van der Waals surface area contributed by atoms with Crippen molar-refractivity contribution < 1.29 is 5.11 Å². The molecule has 1 aromatic heterocycles. The summed E-state index contributed by atoms with van der Waals surface area (Å²) < 4.78 is 0. The molecule has 1 atom stereocenters. The highest BCUT2D eigenvalue weighted by molar-refractivity contribution is 5.57. The second kappa shape index (κ2) is 7.87. The number of hydrogen-bond acceptors (Lipinski definition) is 5. The highest BCUT2D eigenvalue weighted by Crippen LogP contribution is 2.20. The van der Waals surface area contributed by atoms with Crippen LogP contribution in [0.2, 0.25) is 0 Å². The summed E-state index contributed by atoms with van der Waals surface area (Å²) in [5, 5.41) is 16.0. The minimum absolute atomic E-state index is 0.238. The topological polar surface area (TPSA) is 70.1 Å². The molecule has 5 heteroatoms. The zero-order valence-corrected chi connectivity index (χ0v) is 11.5. The van der Waals surface area contributed by atoms with Gasteiger partial charge in [-0.3, -0.25) is 0 Å². The Hall–Kier alpha value is -1.36. The number of aliphatic hydroxyl groups is 1. The van der Waals surface area contributed by atoms with Crippen molar-refractivity contribution in [1.29, 1.82) is 0 Å². The minimum atomic E-state index is -0.238. The van der Waals surface area contributed by atoms with Gasteiger partial charge in [0.2, 0.25) is 0 Å². The molecule has 1 heterocycles. The van der Waals surface area contributed by atoms with Gasteiger partial charge in [0.15, 0.2) is 0 Å². The van der Waals surface area contributed by atoms with Crippen LogP contribution in [-0.2, 0) is 6.42 Å². The van der Waals surface area contributed by atoms with E-state index in [2.05, 4.69) is 27.5 Å². The molecule has 0 aliphatic carbocycles. The van der Waals surface area contributed by atoms with Crippen molar-refractivity contribution in [2.75, 3.05) is 23.7 Å². The van der Waals surface area contributed by atoms with Crippen LogP contribution in [-0.4, -0.2) is 34.3 Å². The van der Waals surface area contributed by atoms with Crippen molar-refractivity contribution in [2.45, 2.75) is 46.1 Å². The molecule has 0 aliphatic heterocycles. The lowest BCUT2D eigenvalue weighted by molar-refractivity contribution is 0.164. The Kier molecular flexibility index (Phi) is 6.43. The first-order valence-corrected chi connectivity index (χ1v) is 6.72. The SMILES string of the molecule is CCNc1ncnc(NCCC(O)CC)c1CC. The molecular formula is C13H24N4O. The van der Waals surface area contributed by atoms with Gasteiger partial charge in [-0.05, 0) is 26.2 Å². The smallest absolute Gasteiger partial charge is 0.134 e. The number of aliphatic hydroxyl groups excluding tert-OH is 1. The summed E-state index contributed by atoms with van der Waals surface area (Å²) >= 11 is 0. The fourth-order valence-corrected chi connectivity index (χ4v) is 1.78. The average molecular weight is 252 g/mol. The van der Waals surface area contributed by atoms with E-state index >= 15 is 0 Å². The summed E-state index contributed by atoms with van der Waals surface area (Å²) in [6.45, 7) is 7.69. The van der Waals surface area contributed by atoms with E-state index < -0.39 is 0 Å². The quantitative estimate of drug-likeness (QED) is 0.660. The molecule has 5 nitrogen and oxygen atoms in total. The number of nitrogens with one attached hydrogen (secondary N) is 2. The van der Waals surface area contributed by atoms with Crippen LogP contribution in [0.5, 0.6) is 0 Å². The lowest BCUT2D eigenvalue weighted by atomic mass is 10.2. The number of rotatable bonds is 8. The molecule has 0 radical (unpaired) electrons. The zero-order valence-electron chi connectivity index (χ0n) is 11.5. The maximum absolute atomic E-state index is 9.52. The van der Waals surface area contributed by atoms with Crippen molar-refractivity contribution in [1.82, 2.24) is 9.97 Å². The largest absolute Gasteiger partial charge is 0.393 e. The van der Waals surface area contributed by atoms with Crippen molar-refractivity contribution in [3.8, 4) is 0 Å². The molecule has 0 aliphatic rings. The molecule has 0 aromatic carbocycles. The third-order valence-electron chi connectivity index (χ3n) is 2.88. The summed E-state index contributed by atoms with van der Waals surface area (Å²) in [6, 6.07) is 0. The predicted octanol–water partition coefficient (Wildman–Crippen LogP) is 2.04. The van der Waals surface area contributed by atoms with Gasteiger partial charge in [-0.1, -0.05) is 13.8 Å². The third kappa shape index (κ3) is 4.14. The Morgan fingerprint density at radius 2 is 1.83 bits per heavy atom. The van der Waals surface area contributed by atoms with E-state index in [0.29, 0.717) is 0 Å². The Balaban J connectivity index is 2.66. The van der Waals surface area contributed by atoms with Crippen LogP contribution in [0.4, 0.5) is 11.6 Å². The monoisotopic (exact) mass is 252 g/mol. The van der Waals surface area contributed by atoms with Gasteiger partial charge in [-0.15, -0.1) is 0 Å². The summed E-state index contributed by atoms with van der Waals surface area (Å²) in [4.78, 5) is 8.52. The molecule has 3 N–H and O–H groups in total. The highest BCUT2D eigenvalue weighted by Gasteiger charge is 2.09. The van der Waals surface area contributed by atoms with E-state index in [-0.39, 0.29) is 6.10 Å². The molecule has 0 saturated carbocycles. The van der Waals surface area contributed by atoms with Crippen molar-refractivity contribution in [3.63, 3.8) is 0 Å². The lowest BCUT2D eigenvalue weighted by Gasteiger charge is -2.14. The molecular weight excluding hydrogens is 228 g/mol. The maximum Gasteiger partial charge on any atom is 0.134 e. The predicted molar refractivity (Wildman–Crippen MR) is 75.0 cm³/mol. The van der Waals surface area contributed by atoms with E-state index in [1.54, 1.807) is 6.33 Å². The van der Waals surface area contributed by atoms with Gasteiger partial charge in [0.05, 0.1) is 6.10 Å². The van der Waals surface area contributed by atoms with Gasteiger partial charge < -0.3 is 15.7 Å². The zero-order chi connectivity index (χ0) is 13.4. The van der Waals surface area contributed by atoms with Gasteiger partial charge >= 0.3 is 0 Å². The number of anilines is 2. The molecule has 0 fully saturated rings. The summed E-state index contributed by atoms with van der Waals surface area (Å²) in [5.74, 6) is 1.76. The minimum Gasteiger partial charge on any atom is -0.393 e. The van der Waals surface area contributed by atoms with E-state index in [0.717, 1.165) is 49.6 Å². The Morgan fingerprint density at radius 1 is 1.17 bits per heavy atom. The second-order valence-electron chi connectivity index (χ2n) is 4.21. The van der Waals surface area contributed by atoms with Gasteiger partial charge in [0, 0.05) is 18.7 Å². The first-order chi connectivity index (χ1) is 8.72. The molecule has 0 amide bonds. The van der Waals surface area contributed by atoms with Gasteiger partial charge in [-0.25, -0.2) is 9.97 Å².